The molecule has 2 fully saturated rings. The smallest absolute Gasteiger partial charge is 0.128 e. The van der Waals surface area contributed by atoms with E-state index in [4.69, 9.17) is 5.73 Å². The highest BCUT2D eigenvalue weighted by molar-refractivity contribution is 5.42. The Balaban J connectivity index is 1.65. The van der Waals surface area contributed by atoms with E-state index in [0.29, 0.717) is 0 Å². The van der Waals surface area contributed by atoms with Gasteiger partial charge in [-0.2, -0.15) is 0 Å². The number of aromatic nitrogens is 1. The first-order valence-corrected chi connectivity index (χ1v) is 7.73. The number of nitrogens with zero attached hydrogens (tertiary/aromatic N) is 2. The molecule has 3 nitrogen and oxygen atoms in total. The molecular formula is C16H25N3. The minimum atomic E-state index is 0.263. The molecule has 0 spiro atoms. The second kappa shape index (κ2) is 5.49. The standard InChI is InChI=1S/C16H25N3/c1-2-14(17)9-13-5-8-16(18-10-13)19(15-6-7-15)11-12-3-4-12/h5,8,10,12,14-15H,2-4,6-7,9,11,17H2,1H3. The average molecular weight is 259 g/mol. The number of hydrogen-bond acceptors (Lipinski definition) is 3. The Morgan fingerprint density at radius 1 is 1.32 bits per heavy atom. The van der Waals surface area contributed by atoms with Crippen LogP contribution in [0.15, 0.2) is 18.3 Å². The fourth-order valence-electron chi connectivity index (χ4n) is 2.55. The van der Waals surface area contributed by atoms with Crippen LogP contribution >= 0.6 is 0 Å². The van der Waals surface area contributed by atoms with E-state index >= 15 is 0 Å². The first-order chi connectivity index (χ1) is 9.26. The van der Waals surface area contributed by atoms with Gasteiger partial charge in [-0.1, -0.05) is 13.0 Å². The van der Waals surface area contributed by atoms with Crippen molar-refractivity contribution in [2.24, 2.45) is 11.7 Å². The number of anilines is 1. The molecule has 2 aliphatic rings. The molecule has 1 aromatic heterocycles. The molecule has 2 saturated carbocycles. The van der Waals surface area contributed by atoms with Gasteiger partial charge in [-0.15, -0.1) is 0 Å². The highest BCUT2D eigenvalue weighted by Gasteiger charge is 2.34. The molecule has 2 aliphatic carbocycles. The van der Waals surface area contributed by atoms with Gasteiger partial charge in [0.2, 0.25) is 0 Å². The fourth-order valence-corrected chi connectivity index (χ4v) is 2.55. The van der Waals surface area contributed by atoms with Crippen LogP contribution in [-0.4, -0.2) is 23.6 Å². The maximum absolute atomic E-state index is 6.00. The lowest BCUT2D eigenvalue weighted by atomic mass is 10.1. The summed E-state index contributed by atoms with van der Waals surface area (Å²) < 4.78 is 0. The molecule has 2 N–H and O–H groups in total. The topological polar surface area (TPSA) is 42.1 Å². The van der Waals surface area contributed by atoms with Crippen molar-refractivity contribution in [1.82, 2.24) is 4.98 Å². The molecule has 0 aliphatic heterocycles. The van der Waals surface area contributed by atoms with Gasteiger partial charge in [0, 0.05) is 24.8 Å². The van der Waals surface area contributed by atoms with Crippen molar-refractivity contribution in [2.75, 3.05) is 11.4 Å². The van der Waals surface area contributed by atoms with Crippen LogP contribution in [0.25, 0.3) is 0 Å². The third-order valence-electron chi connectivity index (χ3n) is 4.27. The second-order valence-electron chi connectivity index (χ2n) is 6.22. The van der Waals surface area contributed by atoms with Crippen molar-refractivity contribution in [2.45, 2.75) is 57.5 Å². The molecule has 0 amide bonds. The Morgan fingerprint density at radius 3 is 2.63 bits per heavy atom. The third-order valence-corrected chi connectivity index (χ3v) is 4.27. The van der Waals surface area contributed by atoms with E-state index in [2.05, 4.69) is 28.9 Å². The average Bonchev–Trinajstić information content (AvgIpc) is 3.28. The first kappa shape index (κ1) is 12.9. The predicted molar refractivity (Wildman–Crippen MR) is 79.3 cm³/mol. The minimum absolute atomic E-state index is 0.263. The molecule has 1 unspecified atom stereocenters. The van der Waals surface area contributed by atoms with E-state index in [1.54, 1.807) is 0 Å². The van der Waals surface area contributed by atoms with Crippen LogP contribution in [0.5, 0.6) is 0 Å². The van der Waals surface area contributed by atoms with Gasteiger partial charge in [0.15, 0.2) is 0 Å². The van der Waals surface area contributed by atoms with E-state index in [1.165, 1.54) is 43.6 Å². The lowest BCUT2D eigenvalue weighted by Gasteiger charge is -2.23. The Kier molecular flexibility index (Phi) is 3.74. The quantitative estimate of drug-likeness (QED) is 0.818. The summed E-state index contributed by atoms with van der Waals surface area (Å²) in [4.78, 5) is 7.21. The maximum atomic E-state index is 6.00. The summed E-state index contributed by atoms with van der Waals surface area (Å²) >= 11 is 0. The zero-order valence-corrected chi connectivity index (χ0v) is 11.9. The summed E-state index contributed by atoms with van der Waals surface area (Å²) in [5.41, 5.74) is 7.26. The van der Waals surface area contributed by atoms with Crippen LogP contribution in [-0.2, 0) is 6.42 Å². The molecule has 1 atom stereocenters. The monoisotopic (exact) mass is 259 g/mol. The lowest BCUT2D eigenvalue weighted by molar-refractivity contribution is 0.644. The molecule has 1 aromatic rings. The van der Waals surface area contributed by atoms with Crippen LogP contribution in [0.1, 0.15) is 44.6 Å². The molecule has 3 rings (SSSR count). The van der Waals surface area contributed by atoms with Gasteiger partial charge in [0.25, 0.3) is 0 Å². The number of rotatable bonds is 7. The van der Waals surface area contributed by atoms with Crippen LogP contribution in [0.2, 0.25) is 0 Å². The van der Waals surface area contributed by atoms with Crippen molar-refractivity contribution < 1.29 is 0 Å². The largest absolute Gasteiger partial charge is 0.353 e. The van der Waals surface area contributed by atoms with Crippen molar-refractivity contribution in [3.8, 4) is 0 Å². The Bertz CT molecular complexity index is 407. The van der Waals surface area contributed by atoms with Gasteiger partial charge in [0.05, 0.1) is 0 Å². The number of pyridine rings is 1. The molecule has 0 saturated heterocycles. The number of hydrogen-bond donors (Lipinski definition) is 1. The normalized spacial score (nSPS) is 20.3. The van der Waals surface area contributed by atoms with E-state index in [-0.39, 0.29) is 6.04 Å². The van der Waals surface area contributed by atoms with Crippen LogP contribution in [0, 0.1) is 5.92 Å². The SMILES string of the molecule is CCC(N)Cc1ccc(N(CC2CC2)C2CC2)nc1. The van der Waals surface area contributed by atoms with E-state index in [1.807, 2.05) is 6.20 Å². The fraction of sp³-hybridized carbons (Fsp3) is 0.688. The Labute approximate surface area is 116 Å². The Hall–Kier alpha value is -1.09. The molecule has 0 radical (unpaired) electrons. The van der Waals surface area contributed by atoms with Gasteiger partial charge in [-0.25, -0.2) is 4.98 Å². The first-order valence-electron chi connectivity index (χ1n) is 7.73. The van der Waals surface area contributed by atoms with E-state index < -0.39 is 0 Å². The van der Waals surface area contributed by atoms with Crippen LogP contribution in [0.4, 0.5) is 5.82 Å². The molecule has 0 aromatic carbocycles. The zero-order valence-electron chi connectivity index (χ0n) is 11.9. The Morgan fingerprint density at radius 2 is 2.11 bits per heavy atom. The van der Waals surface area contributed by atoms with Crippen LogP contribution in [0.3, 0.4) is 0 Å². The van der Waals surface area contributed by atoms with Crippen LogP contribution < -0.4 is 10.6 Å². The summed E-state index contributed by atoms with van der Waals surface area (Å²) in [6.45, 7) is 3.35. The minimum Gasteiger partial charge on any atom is -0.353 e. The molecule has 3 heteroatoms. The second-order valence-corrected chi connectivity index (χ2v) is 6.22. The molecule has 1 heterocycles. The highest BCUT2D eigenvalue weighted by atomic mass is 15.2. The third kappa shape index (κ3) is 3.47. The summed E-state index contributed by atoms with van der Waals surface area (Å²) in [6.07, 6.45) is 9.49. The summed E-state index contributed by atoms with van der Waals surface area (Å²) in [5, 5.41) is 0. The van der Waals surface area contributed by atoms with Crippen molar-refractivity contribution in [1.29, 1.82) is 0 Å². The lowest BCUT2D eigenvalue weighted by Crippen LogP contribution is -2.29. The summed E-state index contributed by atoms with van der Waals surface area (Å²) in [6, 6.07) is 5.42. The van der Waals surface area contributed by atoms with Gasteiger partial charge in [-0.3, -0.25) is 0 Å². The van der Waals surface area contributed by atoms with Gasteiger partial charge >= 0.3 is 0 Å². The van der Waals surface area contributed by atoms with Gasteiger partial charge < -0.3 is 10.6 Å². The van der Waals surface area contributed by atoms with Crippen molar-refractivity contribution in [3.05, 3.63) is 23.9 Å². The molecular weight excluding hydrogens is 234 g/mol. The molecule has 0 bridgehead atoms. The summed E-state index contributed by atoms with van der Waals surface area (Å²) in [5.74, 6) is 2.10. The van der Waals surface area contributed by atoms with Gasteiger partial charge in [-0.05, 0) is 56.1 Å². The molecule has 104 valence electrons. The molecule has 19 heavy (non-hydrogen) atoms. The predicted octanol–water partition coefficient (Wildman–Crippen LogP) is 2.74. The number of nitrogens with two attached hydrogens (primary N) is 1. The van der Waals surface area contributed by atoms with Gasteiger partial charge in [0.1, 0.15) is 5.82 Å². The maximum Gasteiger partial charge on any atom is 0.128 e. The van der Waals surface area contributed by atoms with E-state index in [0.717, 1.165) is 24.8 Å². The highest BCUT2D eigenvalue weighted by Crippen LogP contribution is 2.36. The van der Waals surface area contributed by atoms with Crippen molar-refractivity contribution in [3.63, 3.8) is 0 Å². The summed E-state index contributed by atoms with van der Waals surface area (Å²) in [7, 11) is 0. The zero-order chi connectivity index (χ0) is 13.2. The van der Waals surface area contributed by atoms with E-state index in [9.17, 15) is 0 Å². The van der Waals surface area contributed by atoms with Crippen molar-refractivity contribution >= 4 is 5.82 Å².